The highest BCUT2D eigenvalue weighted by atomic mass is 35.5. The predicted molar refractivity (Wildman–Crippen MR) is 86.2 cm³/mol. The third-order valence-electron chi connectivity index (χ3n) is 4.17. The highest BCUT2D eigenvalue weighted by molar-refractivity contribution is 6.35. The molecule has 1 aromatic carbocycles. The fourth-order valence-electron chi connectivity index (χ4n) is 2.93. The van der Waals surface area contributed by atoms with E-state index in [-0.39, 0.29) is 11.9 Å². The van der Waals surface area contributed by atoms with Crippen LogP contribution >= 0.6 is 11.6 Å². The van der Waals surface area contributed by atoms with E-state index in [0.717, 1.165) is 11.3 Å². The average Bonchev–Trinajstić information content (AvgIpc) is 2.99. The number of fused-ring (bicyclic) bond motifs is 2. The van der Waals surface area contributed by atoms with Gasteiger partial charge in [-0.3, -0.25) is 4.79 Å². The lowest BCUT2D eigenvalue weighted by atomic mass is 10.0. The van der Waals surface area contributed by atoms with Crippen molar-refractivity contribution in [3.05, 3.63) is 52.8 Å². The lowest BCUT2D eigenvalue weighted by molar-refractivity contribution is 0.0644. The van der Waals surface area contributed by atoms with E-state index in [4.69, 9.17) is 11.6 Å². The fraction of sp³-hybridized carbons (Fsp3) is 0.250. The zero-order valence-corrected chi connectivity index (χ0v) is 13.2. The maximum absolute atomic E-state index is 12.8. The van der Waals surface area contributed by atoms with Gasteiger partial charge in [0, 0.05) is 30.8 Å². The summed E-state index contributed by atoms with van der Waals surface area (Å²) in [5, 5.41) is 0.555. The number of rotatable bonds is 1. The van der Waals surface area contributed by atoms with E-state index in [1.165, 1.54) is 0 Å². The summed E-state index contributed by atoms with van der Waals surface area (Å²) in [4.78, 5) is 30.4. The maximum Gasteiger partial charge on any atom is 0.290 e. The molecule has 0 bridgehead atoms. The summed E-state index contributed by atoms with van der Waals surface area (Å²) < 4.78 is 0. The molecule has 2 aromatic heterocycles. The van der Waals surface area contributed by atoms with Gasteiger partial charge in [0.1, 0.15) is 6.33 Å². The number of halogens is 1. The number of nitrogens with zero attached hydrogens (tertiary/aromatic N) is 4. The summed E-state index contributed by atoms with van der Waals surface area (Å²) in [7, 11) is 0. The van der Waals surface area contributed by atoms with Crippen LogP contribution in [0, 0.1) is 0 Å². The molecule has 0 spiro atoms. The van der Waals surface area contributed by atoms with Crippen molar-refractivity contribution in [2.75, 3.05) is 0 Å². The van der Waals surface area contributed by atoms with Crippen molar-refractivity contribution in [2.24, 2.45) is 0 Å². The van der Waals surface area contributed by atoms with Gasteiger partial charge >= 0.3 is 0 Å². The van der Waals surface area contributed by atoms with Crippen molar-refractivity contribution in [2.45, 2.75) is 25.9 Å². The number of benzene rings is 1. The zero-order valence-electron chi connectivity index (χ0n) is 12.5. The first-order valence-corrected chi connectivity index (χ1v) is 7.74. The van der Waals surface area contributed by atoms with E-state index < -0.39 is 0 Å². The molecule has 1 aliphatic heterocycles. The van der Waals surface area contributed by atoms with Crippen LogP contribution in [-0.2, 0) is 13.0 Å². The number of amides is 1. The third kappa shape index (κ3) is 2.35. The molecule has 0 unspecified atom stereocenters. The summed E-state index contributed by atoms with van der Waals surface area (Å²) in [5.74, 6) is 0.166. The Bertz CT molecular complexity index is 906. The zero-order chi connectivity index (χ0) is 16.0. The van der Waals surface area contributed by atoms with Crippen LogP contribution in [-0.4, -0.2) is 36.8 Å². The largest absolute Gasteiger partial charge is 0.333 e. The number of carbonyl (C=O) groups is 1. The van der Waals surface area contributed by atoms with E-state index in [1.807, 2.05) is 19.1 Å². The molecule has 6 nitrogen and oxygen atoms in total. The number of hydrogen-bond donors (Lipinski definition) is 1. The number of aromatic amines is 1. The van der Waals surface area contributed by atoms with Crippen LogP contribution in [0.2, 0.25) is 5.02 Å². The Morgan fingerprint density at radius 1 is 1.43 bits per heavy atom. The number of para-hydroxylation sites is 1. The highest BCUT2D eigenvalue weighted by Gasteiger charge is 2.30. The number of carbonyl (C=O) groups excluding carboxylic acids is 1. The molecular formula is C16H14ClN5O. The Morgan fingerprint density at radius 2 is 2.30 bits per heavy atom. The van der Waals surface area contributed by atoms with Gasteiger partial charge in [-0.05, 0) is 19.1 Å². The first-order valence-electron chi connectivity index (χ1n) is 7.36. The van der Waals surface area contributed by atoms with Gasteiger partial charge in [-0.1, -0.05) is 17.7 Å². The minimum absolute atomic E-state index is 0.0496. The minimum Gasteiger partial charge on any atom is -0.333 e. The Kier molecular flexibility index (Phi) is 3.27. The lowest BCUT2D eigenvalue weighted by Gasteiger charge is -2.33. The minimum atomic E-state index is -0.140. The average molecular weight is 328 g/mol. The Morgan fingerprint density at radius 3 is 3.13 bits per heavy atom. The van der Waals surface area contributed by atoms with Gasteiger partial charge in [0.25, 0.3) is 5.91 Å². The molecule has 0 fully saturated rings. The van der Waals surface area contributed by atoms with Gasteiger partial charge in [0.2, 0.25) is 0 Å². The van der Waals surface area contributed by atoms with Gasteiger partial charge < -0.3 is 9.88 Å². The number of nitrogens with one attached hydrogen (secondary N) is 1. The first-order chi connectivity index (χ1) is 11.1. The number of aromatic nitrogens is 4. The molecular weight excluding hydrogens is 314 g/mol. The van der Waals surface area contributed by atoms with Crippen molar-refractivity contribution in [3.8, 4) is 0 Å². The summed E-state index contributed by atoms with van der Waals surface area (Å²) in [6, 6.07) is 5.47. The van der Waals surface area contributed by atoms with Crippen molar-refractivity contribution >= 4 is 28.5 Å². The molecule has 1 atom stereocenters. The lowest BCUT2D eigenvalue weighted by Crippen LogP contribution is -2.43. The molecule has 0 aliphatic carbocycles. The van der Waals surface area contributed by atoms with Crippen molar-refractivity contribution in [3.63, 3.8) is 0 Å². The molecule has 1 N–H and O–H groups in total. The van der Waals surface area contributed by atoms with Crippen LogP contribution in [0.4, 0.5) is 0 Å². The molecule has 1 amide bonds. The quantitative estimate of drug-likeness (QED) is 0.745. The van der Waals surface area contributed by atoms with E-state index in [2.05, 4.69) is 19.9 Å². The van der Waals surface area contributed by atoms with E-state index >= 15 is 0 Å². The molecule has 0 radical (unpaired) electrons. The summed E-state index contributed by atoms with van der Waals surface area (Å²) in [5.41, 5.74) is 3.36. The summed E-state index contributed by atoms with van der Waals surface area (Å²) >= 11 is 6.14. The van der Waals surface area contributed by atoms with Crippen LogP contribution in [0.1, 0.15) is 28.8 Å². The normalized spacial score (nSPS) is 17.3. The smallest absolute Gasteiger partial charge is 0.290 e. The standard InChI is InChI=1S/C16H14ClN5O/c1-9-5-13-10(6-18-8-19-13)7-22(9)16(23)15-20-12-4-2-3-11(17)14(12)21-15/h2-4,6,8-9H,5,7H2,1H3,(H,20,21)/t9-/m0/s1. The molecule has 23 heavy (non-hydrogen) atoms. The van der Waals surface area contributed by atoms with Crippen molar-refractivity contribution in [1.29, 1.82) is 0 Å². The molecule has 1 aliphatic rings. The van der Waals surface area contributed by atoms with Crippen molar-refractivity contribution < 1.29 is 4.79 Å². The maximum atomic E-state index is 12.8. The molecule has 116 valence electrons. The molecule has 3 heterocycles. The first kappa shape index (κ1) is 14.1. The fourth-order valence-corrected chi connectivity index (χ4v) is 3.15. The Labute approximate surface area is 137 Å². The van der Waals surface area contributed by atoms with Crippen LogP contribution in [0.5, 0.6) is 0 Å². The van der Waals surface area contributed by atoms with Crippen LogP contribution in [0.25, 0.3) is 11.0 Å². The molecule has 0 saturated heterocycles. The Hall–Kier alpha value is -2.47. The van der Waals surface area contributed by atoms with E-state index in [1.54, 1.807) is 23.5 Å². The van der Waals surface area contributed by atoms with Crippen LogP contribution in [0.15, 0.2) is 30.7 Å². The van der Waals surface area contributed by atoms with Gasteiger partial charge in [-0.15, -0.1) is 0 Å². The third-order valence-corrected chi connectivity index (χ3v) is 4.49. The molecule has 7 heteroatoms. The second kappa shape index (κ2) is 5.31. The SMILES string of the molecule is C[C@H]1Cc2ncncc2CN1C(=O)c1nc2cccc(Cl)c2[nH]1. The van der Waals surface area contributed by atoms with Crippen LogP contribution < -0.4 is 0 Å². The Balaban J connectivity index is 1.69. The molecule has 3 aromatic rings. The number of H-pyrrole nitrogens is 1. The van der Waals surface area contributed by atoms with Crippen LogP contribution in [0.3, 0.4) is 0 Å². The number of hydrogen-bond acceptors (Lipinski definition) is 4. The topological polar surface area (TPSA) is 74.8 Å². The predicted octanol–water partition coefficient (Wildman–Crippen LogP) is 2.59. The van der Waals surface area contributed by atoms with E-state index in [9.17, 15) is 4.79 Å². The van der Waals surface area contributed by atoms with Crippen molar-refractivity contribution in [1.82, 2.24) is 24.8 Å². The number of imidazole rings is 1. The summed E-state index contributed by atoms with van der Waals surface area (Å²) in [6.07, 6.45) is 4.03. The monoisotopic (exact) mass is 327 g/mol. The highest BCUT2D eigenvalue weighted by Crippen LogP contribution is 2.25. The van der Waals surface area contributed by atoms with Gasteiger partial charge in [0.15, 0.2) is 5.82 Å². The molecule has 0 saturated carbocycles. The van der Waals surface area contributed by atoms with Gasteiger partial charge in [0.05, 0.1) is 21.7 Å². The summed E-state index contributed by atoms with van der Waals surface area (Å²) in [6.45, 7) is 2.50. The van der Waals surface area contributed by atoms with Gasteiger partial charge in [-0.25, -0.2) is 15.0 Å². The second-order valence-electron chi connectivity index (χ2n) is 5.70. The van der Waals surface area contributed by atoms with E-state index in [0.29, 0.717) is 34.8 Å². The second-order valence-corrected chi connectivity index (χ2v) is 6.11. The van der Waals surface area contributed by atoms with Gasteiger partial charge in [-0.2, -0.15) is 0 Å². The molecule has 4 rings (SSSR count).